The van der Waals surface area contributed by atoms with Gasteiger partial charge in [-0.2, -0.15) is 0 Å². The summed E-state index contributed by atoms with van der Waals surface area (Å²) in [7, 11) is 0. The summed E-state index contributed by atoms with van der Waals surface area (Å²) in [5.74, 6) is 0.363. The minimum Gasteiger partial charge on any atom is -0.366 e. The number of primary amides is 1. The molecule has 1 heterocycles. The zero-order chi connectivity index (χ0) is 30.3. The predicted octanol–water partition coefficient (Wildman–Crippen LogP) is 4.90. The molecule has 3 amide bonds. The van der Waals surface area contributed by atoms with E-state index in [4.69, 9.17) is 11.5 Å². The summed E-state index contributed by atoms with van der Waals surface area (Å²) in [6.07, 6.45) is 5.72. The fourth-order valence-corrected chi connectivity index (χ4v) is 5.64. The first kappa shape index (κ1) is 29.7. The molecule has 3 aromatic carbocycles. The maximum Gasteiger partial charge on any atom is 0.255 e. The number of rotatable bonds is 10. The van der Waals surface area contributed by atoms with Crippen LogP contribution in [-0.2, 0) is 11.2 Å². The van der Waals surface area contributed by atoms with Crippen LogP contribution in [0.4, 0.5) is 5.69 Å². The number of H-pyrrole nitrogens is 1. The Bertz CT molecular complexity index is 1590. The second kappa shape index (κ2) is 13.5. The Balaban J connectivity index is 1.36. The first-order chi connectivity index (χ1) is 20.8. The van der Waals surface area contributed by atoms with Crippen molar-refractivity contribution in [3.63, 3.8) is 0 Å². The SMILES string of the molecule is Cc1cccc(C(=O)Nc2cccc(CC(NC(=O)C3CCC(CN)CC3)c3ncc(-c4ccc(C(N)=O)cc4)[nH]3)c2)c1. The Morgan fingerprint density at radius 3 is 2.40 bits per heavy atom. The molecule has 1 unspecified atom stereocenters. The van der Waals surface area contributed by atoms with Crippen LogP contribution in [0.5, 0.6) is 0 Å². The van der Waals surface area contributed by atoms with E-state index in [-0.39, 0.29) is 17.7 Å². The molecule has 43 heavy (non-hydrogen) atoms. The Hall–Kier alpha value is -4.76. The maximum absolute atomic E-state index is 13.5. The maximum atomic E-state index is 13.5. The van der Waals surface area contributed by atoms with Gasteiger partial charge in [-0.15, -0.1) is 0 Å². The minimum absolute atomic E-state index is 0.00753. The van der Waals surface area contributed by atoms with Crippen LogP contribution in [0.3, 0.4) is 0 Å². The average molecular weight is 579 g/mol. The van der Waals surface area contributed by atoms with E-state index >= 15 is 0 Å². The molecule has 0 bridgehead atoms. The summed E-state index contributed by atoms with van der Waals surface area (Å²) in [5.41, 5.74) is 16.5. The van der Waals surface area contributed by atoms with Gasteiger partial charge in [0, 0.05) is 22.7 Å². The molecule has 1 atom stereocenters. The molecule has 9 nitrogen and oxygen atoms in total. The van der Waals surface area contributed by atoms with Gasteiger partial charge < -0.3 is 27.1 Å². The molecule has 0 aliphatic heterocycles. The number of aryl methyl sites for hydroxylation is 1. The van der Waals surface area contributed by atoms with Crippen LogP contribution < -0.4 is 22.1 Å². The zero-order valence-corrected chi connectivity index (χ0v) is 24.3. The van der Waals surface area contributed by atoms with Gasteiger partial charge in [-0.1, -0.05) is 42.0 Å². The topological polar surface area (TPSA) is 156 Å². The Morgan fingerprint density at radius 1 is 0.953 bits per heavy atom. The first-order valence-electron chi connectivity index (χ1n) is 14.7. The van der Waals surface area contributed by atoms with Gasteiger partial charge in [0.05, 0.1) is 17.9 Å². The number of hydrogen-bond donors (Lipinski definition) is 5. The van der Waals surface area contributed by atoms with Crippen LogP contribution in [0, 0.1) is 18.8 Å². The number of nitrogens with zero attached hydrogens (tertiary/aromatic N) is 1. The number of amides is 3. The molecule has 7 N–H and O–H groups in total. The zero-order valence-electron chi connectivity index (χ0n) is 24.3. The van der Waals surface area contributed by atoms with Crippen molar-refractivity contribution in [3.8, 4) is 11.3 Å². The molecular weight excluding hydrogens is 540 g/mol. The highest BCUT2D eigenvalue weighted by Gasteiger charge is 2.28. The van der Waals surface area contributed by atoms with E-state index in [9.17, 15) is 14.4 Å². The quantitative estimate of drug-likeness (QED) is 0.181. The highest BCUT2D eigenvalue weighted by molar-refractivity contribution is 6.04. The summed E-state index contributed by atoms with van der Waals surface area (Å²) in [5, 5.41) is 6.24. The molecule has 0 spiro atoms. The van der Waals surface area contributed by atoms with E-state index in [0.717, 1.165) is 48.1 Å². The van der Waals surface area contributed by atoms with E-state index in [1.54, 1.807) is 36.5 Å². The van der Waals surface area contributed by atoms with Gasteiger partial charge in [-0.3, -0.25) is 14.4 Å². The van der Waals surface area contributed by atoms with E-state index in [0.29, 0.717) is 41.5 Å². The molecule has 1 fully saturated rings. The van der Waals surface area contributed by atoms with E-state index in [2.05, 4.69) is 20.6 Å². The van der Waals surface area contributed by atoms with Crippen molar-refractivity contribution in [2.45, 2.75) is 45.1 Å². The second-order valence-electron chi connectivity index (χ2n) is 11.4. The van der Waals surface area contributed by atoms with Gasteiger partial charge in [0.15, 0.2) is 0 Å². The summed E-state index contributed by atoms with van der Waals surface area (Å²) in [6, 6.07) is 21.6. The van der Waals surface area contributed by atoms with Crippen molar-refractivity contribution < 1.29 is 14.4 Å². The fourth-order valence-electron chi connectivity index (χ4n) is 5.64. The molecular formula is C34H38N6O3. The van der Waals surface area contributed by atoms with E-state index < -0.39 is 11.9 Å². The van der Waals surface area contributed by atoms with Crippen molar-refractivity contribution in [2.75, 3.05) is 11.9 Å². The molecule has 1 aromatic heterocycles. The number of carbonyl (C=O) groups is 3. The third-order valence-electron chi connectivity index (χ3n) is 8.18. The minimum atomic E-state index is -0.488. The molecule has 1 saturated carbocycles. The number of hydrogen-bond acceptors (Lipinski definition) is 5. The normalized spacial score (nSPS) is 17.2. The number of benzene rings is 3. The van der Waals surface area contributed by atoms with Crippen molar-refractivity contribution in [1.82, 2.24) is 15.3 Å². The Kier molecular flexibility index (Phi) is 9.32. The standard InChI is InChI=1S/C34H38N6O3/c1-21-4-2-6-27(16-21)34(43)38-28-7-3-5-23(17-28)18-29(40-33(42)26-10-8-22(19-35)9-11-26)32-37-20-30(39-32)24-12-14-25(15-13-24)31(36)41/h2-7,12-17,20,22,26,29H,8-11,18-19,35H2,1H3,(H2,36,41)(H,37,39)(H,38,43)(H,40,42). The monoisotopic (exact) mass is 578 g/mol. The number of nitrogens with two attached hydrogens (primary N) is 2. The van der Waals surface area contributed by atoms with Crippen LogP contribution in [-0.4, -0.2) is 34.2 Å². The second-order valence-corrected chi connectivity index (χ2v) is 11.4. The lowest BCUT2D eigenvalue weighted by molar-refractivity contribution is -0.127. The predicted molar refractivity (Wildman–Crippen MR) is 167 cm³/mol. The van der Waals surface area contributed by atoms with Crippen LogP contribution >= 0.6 is 0 Å². The van der Waals surface area contributed by atoms with Gasteiger partial charge in [0.1, 0.15) is 5.82 Å². The van der Waals surface area contributed by atoms with Gasteiger partial charge in [0.2, 0.25) is 11.8 Å². The molecule has 4 aromatic rings. The van der Waals surface area contributed by atoms with Crippen molar-refractivity contribution in [1.29, 1.82) is 0 Å². The first-order valence-corrected chi connectivity index (χ1v) is 14.7. The van der Waals surface area contributed by atoms with E-state index in [1.165, 1.54) is 0 Å². The smallest absolute Gasteiger partial charge is 0.255 e. The van der Waals surface area contributed by atoms with Crippen molar-refractivity contribution >= 4 is 23.4 Å². The number of anilines is 1. The average Bonchev–Trinajstić information content (AvgIpc) is 3.51. The van der Waals surface area contributed by atoms with Crippen LogP contribution in [0.15, 0.2) is 79.0 Å². The van der Waals surface area contributed by atoms with Crippen LogP contribution in [0.25, 0.3) is 11.3 Å². The van der Waals surface area contributed by atoms with E-state index in [1.807, 2.05) is 49.4 Å². The largest absolute Gasteiger partial charge is 0.366 e. The van der Waals surface area contributed by atoms with Gasteiger partial charge in [0.25, 0.3) is 5.91 Å². The molecule has 5 rings (SSSR count). The summed E-state index contributed by atoms with van der Waals surface area (Å²) in [6.45, 7) is 2.61. The van der Waals surface area contributed by atoms with Crippen molar-refractivity contribution in [3.05, 3.63) is 107 Å². The number of carbonyl (C=O) groups excluding carboxylic acids is 3. The van der Waals surface area contributed by atoms with Gasteiger partial charge in [-0.25, -0.2) is 4.98 Å². The summed E-state index contributed by atoms with van der Waals surface area (Å²) < 4.78 is 0. The number of imidazole rings is 1. The van der Waals surface area contributed by atoms with Crippen molar-refractivity contribution in [2.24, 2.45) is 23.3 Å². The molecule has 222 valence electrons. The molecule has 1 aliphatic rings. The third kappa shape index (κ3) is 7.55. The molecule has 1 aliphatic carbocycles. The highest BCUT2D eigenvalue weighted by atomic mass is 16.2. The molecule has 9 heteroatoms. The molecule has 0 saturated heterocycles. The number of aromatic nitrogens is 2. The highest BCUT2D eigenvalue weighted by Crippen LogP contribution is 2.30. The van der Waals surface area contributed by atoms with Gasteiger partial charge in [-0.05, 0) is 99.0 Å². The lowest BCUT2D eigenvalue weighted by Crippen LogP contribution is -2.37. The Labute approximate surface area is 251 Å². The van der Waals surface area contributed by atoms with Crippen LogP contribution in [0.2, 0.25) is 0 Å². The van der Waals surface area contributed by atoms with Gasteiger partial charge >= 0.3 is 0 Å². The number of aromatic amines is 1. The van der Waals surface area contributed by atoms with Crippen LogP contribution in [0.1, 0.15) is 69.4 Å². The Morgan fingerprint density at radius 2 is 1.70 bits per heavy atom. The summed E-state index contributed by atoms with van der Waals surface area (Å²) >= 11 is 0. The lowest BCUT2D eigenvalue weighted by Gasteiger charge is -2.28. The summed E-state index contributed by atoms with van der Waals surface area (Å²) in [4.78, 5) is 45.8. The lowest BCUT2D eigenvalue weighted by atomic mass is 9.81. The fraction of sp³-hybridized carbons (Fsp3) is 0.294. The third-order valence-corrected chi connectivity index (χ3v) is 8.18. The number of nitrogens with one attached hydrogen (secondary N) is 3. The molecule has 0 radical (unpaired) electrons.